The SMILES string of the molecule is C=CN1C2CC[C@@H]1[C@H](c1nc(-c3ccccn3)no1)[C@@H](c1ccc(Cl)c(Cl)c1)C2. The number of rotatable bonds is 4. The summed E-state index contributed by atoms with van der Waals surface area (Å²) in [5.41, 5.74) is 1.86. The Balaban J connectivity index is 1.57. The van der Waals surface area contributed by atoms with Gasteiger partial charge in [0, 0.05) is 18.3 Å². The third-order valence-corrected chi connectivity index (χ3v) is 6.92. The molecule has 1 aromatic carbocycles. The first kappa shape index (κ1) is 18.6. The number of nitrogens with zero attached hydrogens (tertiary/aromatic N) is 4. The summed E-state index contributed by atoms with van der Waals surface area (Å²) in [5, 5.41) is 5.35. The Morgan fingerprint density at radius 1 is 1.14 bits per heavy atom. The average molecular weight is 427 g/mol. The van der Waals surface area contributed by atoms with Gasteiger partial charge < -0.3 is 9.42 Å². The third kappa shape index (κ3) is 3.22. The predicted octanol–water partition coefficient (Wildman–Crippen LogP) is 5.69. The standard InChI is InChI=1S/C22H20Cl2N4O/c1-2-28-14-7-9-19(28)20(15(12-14)13-6-8-16(23)17(24)11-13)22-26-21(27-29-22)18-5-3-4-10-25-18/h2-6,8,10-11,14-15,19-20H,1,7,9,12H2/t14?,15-,19-,20-/m1/s1. The summed E-state index contributed by atoms with van der Waals surface area (Å²) in [5.74, 6) is 1.42. The van der Waals surface area contributed by atoms with Crippen molar-refractivity contribution in [2.24, 2.45) is 0 Å². The zero-order chi connectivity index (χ0) is 20.0. The quantitative estimate of drug-likeness (QED) is 0.536. The summed E-state index contributed by atoms with van der Waals surface area (Å²) in [4.78, 5) is 11.5. The highest BCUT2D eigenvalue weighted by atomic mass is 35.5. The van der Waals surface area contributed by atoms with Crippen molar-refractivity contribution in [1.82, 2.24) is 20.0 Å². The van der Waals surface area contributed by atoms with Crippen LogP contribution in [0.15, 0.2) is 59.9 Å². The van der Waals surface area contributed by atoms with Crippen molar-refractivity contribution < 1.29 is 4.52 Å². The number of hydrogen-bond donors (Lipinski definition) is 0. The van der Waals surface area contributed by atoms with Crippen LogP contribution in [0.5, 0.6) is 0 Å². The van der Waals surface area contributed by atoms with Gasteiger partial charge in [-0.3, -0.25) is 4.98 Å². The molecule has 3 aromatic rings. The Hall–Kier alpha value is -2.37. The van der Waals surface area contributed by atoms with E-state index in [2.05, 4.69) is 27.7 Å². The normalized spacial score (nSPS) is 25.9. The first-order chi connectivity index (χ1) is 14.2. The van der Waals surface area contributed by atoms with Crippen LogP contribution in [-0.4, -0.2) is 32.1 Å². The fourth-order valence-corrected chi connectivity index (χ4v) is 5.23. The van der Waals surface area contributed by atoms with E-state index in [4.69, 9.17) is 32.7 Å². The molecule has 2 saturated heterocycles. The van der Waals surface area contributed by atoms with Gasteiger partial charge in [0.25, 0.3) is 0 Å². The van der Waals surface area contributed by atoms with Crippen molar-refractivity contribution in [3.63, 3.8) is 0 Å². The van der Waals surface area contributed by atoms with Crippen molar-refractivity contribution in [2.45, 2.75) is 43.2 Å². The molecular formula is C22H20Cl2N4O. The Labute approximate surface area is 179 Å². The Morgan fingerprint density at radius 2 is 2.03 bits per heavy atom. The number of hydrogen-bond acceptors (Lipinski definition) is 5. The molecule has 0 amide bonds. The number of pyridine rings is 1. The van der Waals surface area contributed by atoms with Crippen LogP contribution < -0.4 is 0 Å². The molecule has 5 nitrogen and oxygen atoms in total. The maximum absolute atomic E-state index is 6.34. The second kappa shape index (κ2) is 7.47. The molecular weight excluding hydrogens is 407 g/mol. The Kier molecular flexibility index (Phi) is 4.80. The minimum Gasteiger partial charge on any atom is -0.371 e. The largest absolute Gasteiger partial charge is 0.371 e. The van der Waals surface area contributed by atoms with Crippen molar-refractivity contribution in [3.8, 4) is 11.5 Å². The minimum atomic E-state index is 0.0500. The van der Waals surface area contributed by atoms with Crippen molar-refractivity contribution in [1.29, 1.82) is 0 Å². The maximum Gasteiger partial charge on any atom is 0.232 e. The topological polar surface area (TPSA) is 55.1 Å². The predicted molar refractivity (Wildman–Crippen MR) is 113 cm³/mol. The second-order valence-corrected chi connectivity index (χ2v) is 8.46. The van der Waals surface area contributed by atoms with E-state index in [1.165, 1.54) is 0 Å². The van der Waals surface area contributed by atoms with E-state index in [1.54, 1.807) is 6.20 Å². The van der Waals surface area contributed by atoms with Crippen molar-refractivity contribution >= 4 is 23.2 Å². The molecule has 4 heterocycles. The van der Waals surface area contributed by atoms with Gasteiger partial charge in [0.15, 0.2) is 0 Å². The van der Waals surface area contributed by atoms with E-state index in [1.807, 2.05) is 36.5 Å². The first-order valence-electron chi connectivity index (χ1n) is 9.75. The van der Waals surface area contributed by atoms with Gasteiger partial charge >= 0.3 is 0 Å². The van der Waals surface area contributed by atoms with Gasteiger partial charge in [-0.15, -0.1) is 0 Å². The zero-order valence-corrected chi connectivity index (χ0v) is 17.2. The lowest BCUT2D eigenvalue weighted by atomic mass is 9.76. The van der Waals surface area contributed by atoms with Crippen LogP contribution in [0.4, 0.5) is 0 Å². The molecule has 0 saturated carbocycles. The molecule has 2 aliphatic rings. The van der Waals surface area contributed by atoms with Crippen LogP contribution in [0, 0.1) is 0 Å². The molecule has 4 atom stereocenters. The van der Waals surface area contributed by atoms with Crippen LogP contribution in [0.25, 0.3) is 11.5 Å². The third-order valence-electron chi connectivity index (χ3n) is 6.18. The highest BCUT2D eigenvalue weighted by Crippen LogP contribution is 2.51. The van der Waals surface area contributed by atoms with Gasteiger partial charge in [0.2, 0.25) is 11.7 Å². The van der Waals surface area contributed by atoms with Crippen LogP contribution in [-0.2, 0) is 0 Å². The number of halogens is 2. The minimum absolute atomic E-state index is 0.0500. The summed E-state index contributed by atoms with van der Waals surface area (Å²) >= 11 is 12.5. The lowest BCUT2D eigenvalue weighted by Crippen LogP contribution is -2.43. The van der Waals surface area contributed by atoms with Gasteiger partial charge in [0.1, 0.15) is 5.69 Å². The lowest BCUT2D eigenvalue weighted by molar-refractivity contribution is 0.140. The second-order valence-electron chi connectivity index (χ2n) is 7.64. The molecule has 0 N–H and O–H groups in total. The molecule has 7 heteroatoms. The summed E-state index contributed by atoms with van der Waals surface area (Å²) in [6.45, 7) is 4.04. The highest BCUT2D eigenvalue weighted by Gasteiger charge is 2.49. The van der Waals surface area contributed by atoms with E-state index in [0.29, 0.717) is 33.5 Å². The monoisotopic (exact) mass is 426 g/mol. The van der Waals surface area contributed by atoms with E-state index in [0.717, 1.165) is 24.8 Å². The van der Waals surface area contributed by atoms with Gasteiger partial charge in [-0.05, 0) is 61.2 Å². The van der Waals surface area contributed by atoms with Crippen LogP contribution >= 0.6 is 23.2 Å². The highest BCUT2D eigenvalue weighted by molar-refractivity contribution is 6.42. The Morgan fingerprint density at radius 3 is 2.79 bits per heavy atom. The number of aromatic nitrogens is 3. The fraction of sp³-hybridized carbons (Fsp3) is 0.318. The van der Waals surface area contributed by atoms with Crippen LogP contribution in [0.1, 0.15) is 42.6 Å². The molecule has 1 unspecified atom stereocenters. The van der Waals surface area contributed by atoms with E-state index in [-0.39, 0.29) is 17.9 Å². The molecule has 2 bridgehead atoms. The summed E-state index contributed by atoms with van der Waals surface area (Å²) in [6.07, 6.45) is 6.86. The molecule has 0 spiro atoms. The smallest absolute Gasteiger partial charge is 0.232 e. The zero-order valence-electron chi connectivity index (χ0n) is 15.7. The molecule has 2 aliphatic heterocycles. The van der Waals surface area contributed by atoms with Gasteiger partial charge in [-0.2, -0.15) is 4.98 Å². The van der Waals surface area contributed by atoms with E-state index >= 15 is 0 Å². The van der Waals surface area contributed by atoms with Gasteiger partial charge in [0.05, 0.1) is 16.0 Å². The molecule has 0 radical (unpaired) electrons. The van der Waals surface area contributed by atoms with Crippen LogP contribution in [0.3, 0.4) is 0 Å². The lowest BCUT2D eigenvalue weighted by Gasteiger charge is -2.43. The van der Waals surface area contributed by atoms with Crippen molar-refractivity contribution in [3.05, 3.63) is 76.9 Å². The molecule has 148 valence electrons. The molecule has 5 rings (SSSR count). The Bertz CT molecular complexity index is 1040. The molecule has 0 aliphatic carbocycles. The summed E-state index contributed by atoms with van der Waals surface area (Å²) < 4.78 is 5.79. The first-order valence-corrected chi connectivity index (χ1v) is 10.5. The molecule has 2 aromatic heterocycles. The fourth-order valence-electron chi connectivity index (χ4n) is 4.92. The summed E-state index contributed by atoms with van der Waals surface area (Å²) in [6, 6.07) is 12.3. The van der Waals surface area contributed by atoms with E-state index < -0.39 is 0 Å². The van der Waals surface area contributed by atoms with Crippen molar-refractivity contribution in [2.75, 3.05) is 0 Å². The molecule has 29 heavy (non-hydrogen) atoms. The number of fused-ring (bicyclic) bond motifs is 2. The van der Waals surface area contributed by atoms with Gasteiger partial charge in [-0.1, -0.05) is 47.1 Å². The molecule has 2 fully saturated rings. The van der Waals surface area contributed by atoms with Gasteiger partial charge in [-0.25, -0.2) is 0 Å². The number of benzene rings is 1. The maximum atomic E-state index is 6.34. The summed E-state index contributed by atoms with van der Waals surface area (Å²) in [7, 11) is 0. The van der Waals surface area contributed by atoms with E-state index in [9.17, 15) is 0 Å². The average Bonchev–Trinajstić information content (AvgIpc) is 3.34. The van der Waals surface area contributed by atoms with Crippen LogP contribution in [0.2, 0.25) is 10.0 Å². The number of piperidine rings is 1.